The molecule has 19 heavy (non-hydrogen) atoms. The van der Waals surface area contributed by atoms with Crippen LogP contribution in [-0.4, -0.2) is 12.8 Å². The fraction of sp³-hybridized carbons (Fsp3) is 0.118. The third kappa shape index (κ3) is 3.72. The average molecular weight is 249 g/mol. The minimum absolute atomic E-state index is 0.631. The maximum Gasteiger partial charge on any atom is 0.160 e. The molecule has 2 aromatic rings. The van der Waals surface area contributed by atoms with Crippen LogP contribution >= 0.6 is 0 Å². The molecule has 0 aromatic heterocycles. The predicted octanol–water partition coefficient (Wildman–Crippen LogP) is 3.40. The molecule has 0 aliphatic rings. The Morgan fingerprint density at radius 1 is 1.00 bits per heavy atom. The molecule has 0 spiro atoms. The molecule has 0 heterocycles. The lowest BCUT2D eigenvalue weighted by molar-refractivity contribution is 0.214. The Balaban J connectivity index is 2.30. The number of oxime groups is 1. The zero-order chi connectivity index (χ0) is 13.5. The summed E-state index contributed by atoms with van der Waals surface area (Å²) in [6.45, 7) is 2.05. The van der Waals surface area contributed by atoms with E-state index >= 15 is 0 Å². The van der Waals surface area contributed by atoms with Crippen LogP contribution in [0.4, 0.5) is 0 Å². The van der Waals surface area contributed by atoms with E-state index in [1.807, 2.05) is 61.5 Å². The quantitative estimate of drug-likeness (QED) is 0.454. The van der Waals surface area contributed by atoms with E-state index in [2.05, 4.69) is 17.0 Å². The van der Waals surface area contributed by atoms with Crippen molar-refractivity contribution in [1.82, 2.24) is 0 Å². The third-order valence-electron chi connectivity index (χ3n) is 2.61. The standard InChI is InChI=1S/C17H15NO/c1-14-8-11-16(12-9-14)17(18-19-2)13-10-15-6-4-3-5-7-15/h3-9,11-12H,1-2H3/b18-17+. The fourth-order valence-corrected chi connectivity index (χ4v) is 1.60. The van der Waals surface area contributed by atoms with Crippen molar-refractivity contribution >= 4 is 5.71 Å². The molecular weight excluding hydrogens is 234 g/mol. The van der Waals surface area contributed by atoms with Crippen molar-refractivity contribution in [2.24, 2.45) is 5.16 Å². The Morgan fingerprint density at radius 3 is 2.32 bits per heavy atom. The largest absolute Gasteiger partial charge is 0.398 e. The van der Waals surface area contributed by atoms with Gasteiger partial charge in [-0.1, -0.05) is 59.1 Å². The molecular formula is C17H15NO. The average Bonchev–Trinajstić information content (AvgIpc) is 2.46. The second-order valence-corrected chi connectivity index (χ2v) is 4.10. The van der Waals surface area contributed by atoms with Crippen LogP contribution in [-0.2, 0) is 4.84 Å². The van der Waals surface area contributed by atoms with Crippen LogP contribution in [0.25, 0.3) is 0 Å². The van der Waals surface area contributed by atoms with E-state index in [9.17, 15) is 0 Å². The first kappa shape index (κ1) is 12.9. The van der Waals surface area contributed by atoms with Gasteiger partial charge in [0.05, 0.1) is 0 Å². The van der Waals surface area contributed by atoms with Gasteiger partial charge in [0.1, 0.15) is 7.11 Å². The molecule has 0 radical (unpaired) electrons. The molecule has 0 fully saturated rings. The minimum Gasteiger partial charge on any atom is -0.398 e. The molecule has 0 saturated carbocycles. The Labute approximate surface area is 113 Å². The highest BCUT2D eigenvalue weighted by Crippen LogP contribution is 2.05. The zero-order valence-corrected chi connectivity index (χ0v) is 11.1. The normalized spacial score (nSPS) is 10.5. The molecule has 94 valence electrons. The van der Waals surface area contributed by atoms with E-state index in [0.29, 0.717) is 5.71 Å². The fourth-order valence-electron chi connectivity index (χ4n) is 1.60. The van der Waals surface area contributed by atoms with Gasteiger partial charge in [0.2, 0.25) is 0 Å². The van der Waals surface area contributed by atoms with E-state index in [1.54, 1.807) is 0 Å². The van der Waals surface area contributed by atoms with Crippen molar-refractivity contribution < 1.29 is 4.84 Å². The van der Waals surface area contributed by atoms with Crippen LogP contribution < -0.4 is 0 Å². The molecule has 0 amide bonds. The number of hydrogen-bond donors (Lipinski definition) is 0. The highest BCUT2D eigenvalue weighted by molar-refractivity contribution is 6.13. The molecule has 0 bridgehead atoms. The van der Waals surface area contributed by atoms with E-state index in [-0.39, 0.29) is 0 Å². The molecule has 0 saturated heterocycles. The van der Waals surface area contributed by atoms with E-state index < -0.39 is 0 Å². The van der Waals surface area contributed by atoms with Crippen LogP contribution in [0, 0.1) is 18.8 Å². The minimum atomic E-state index is 0.631. The molecule has 2 aromatic carbocycles. The molecule has 0 N–H and O–H groups in total. The van der Waals surface area contributed by atoms with Crippen LogP contribution in [0.3, 0.4) is 0 Å². The number of rotatable bonds is 2. The molecule has 0 atom stereocenters. The number of aryl methyl sites for hydroxylation is 1. The Morgan fingerprint density at radius 2 is 1.68 bits per heavy atom. The van der Waals surface area contributed by atoms with Crippen molar-refractivity contribution in [3.05, 3.63) is 71.3 Å². The van der Waals surface area contributed by atoms with Gasteiger partial charge < -0.3 is 4.84 Å². The lowest BCUT2D eigenvalue weighted by Crippen LogP contribution is -1.98. The predicted molar refractivity (Wildman–Crippen MR) is 78.0 cm³/mol. The van der Waals surface area contributed by atoms with Gasteiger partial charge in [0, 0.05) is 11.1 Å². The monoisotopic (exact) mass is 249 g/mol. The highest BCUT2D eigenvalue weighted by Gasteiger charge is 2.00. The Hall–Kier alpha value is -2.53. The maximum absolute atomic E-state index is 4.86. The van der Waals surface area contributed by atoms with Crippen molar-refractivity contribution in [3.8, 4) is 11.8 Å². The Bertz CT molecular complexity index is 616. The van der Waals surface area contributed by atoms with Crippen LogP contribution in [0.1, 0.15) is 16.7 Å². The van der Waals surface area contributed by atoms with Gasteiger partial charge in [0.15, 0.2) is 5.71 Å². The first-order valence-electron chi connectivity index (χ1n) is 6.05. The number of benzene rings is 2. The summed E-state index contributed by atoms with van der Waals surface area (Å²) in [5.74, 6) is 6.13. The maximum atomic E-state index is 4.86. The summed E-state index contributed by atoms with van der Waals surface area (Å²) in [6.07, 6.45) is 0. The lowest BCUT2D eigenvalue weighted by atomic mass is 10.1. The molecule has 2 nitrogen and oxygen atoms in total. The van der Waals surface area contributed by atoms with Crippen molar-refractivity contribution in [1.29, 1.82) is 0 Å². The Kier molecular flexibility index (Phi) is 4.36. The van der Waals surface area contributed by atoms with Crippen LogP contribution in [0.2, 0.25) is 0 Å². The van der Waals surface area contributed by atoms with Gasteiger partial charge in [-0.05, 0) is 25.0 Å². The summed E-state index contributed by atoms with van der Waals surface area (Å²) in [5.41, 5.74) is 3.75. The summed E-state index contributed by atoms with van der Waals surface area (Å²) < 4.78 is 0. The zero-order valence-electron chi connectivity index (χ0n) is 11.1. The summed E-state index contributed by atoms with van der Waals surface area (Å²) in [7, 11) is 1.53. The van der Waals surface area contributed by atoms with E-state index in [4.69, 9.17) is 4.84 Å². The summed E-state index contributed by atoms with van der Waals surface area (Å²) in [6, 6.07) is 17.9. The SMILES string of the molecule is CO/N=C(\C#Cc1ccccc1)c1ccc(C)cc1. The molecule has 2 rings (SSSR count). The van der Waals surface area contributed by atoms with Crippen molar-refractivity contribution in [3.63, 3.8) is 0 Å². The third-order valence-corrected chi connectivity index (χ3v) is 2.61. The van der Waals surface area contributed by atoms with E-state index in [0.717, 1.165) is 11.1 Å². The van der Waals surface area contributed by atoms with Crippen LogP contribution in [0.5, 0.6) is 0 Å². The smallest absolute Gasteiger partial charge is 0.160 e. The molecule has 2 heteroatoms. The van der Waals surface area contributed by atoms with Gasteiger partial charge in [0.25, 0.3) is 0 Å². The van der Waals surface area contributed by atoms with Gasteiger partial charge in [-0.3, -0.25) is 0 Å². The molecule has 0 aliphatic carbocycles. The second-order valence-electron chi connectivity index (χ2n) is 4.10. The molecule has 0 aliphatic heterocycles. The van der Waals surface area contributed by atoms with Crippen molar-refractivity contribution in [2.45, 2.75) is 6.92 Å². The number of nitrogens with zero attached hydrogens (tertiary/aromatic N) is 1. The van der Waals surface area contributed by atoms with Crippen molar-refractivity contribution in [2.75, 3.05) is 7.11 Å². The van der Waals surface area contributed by atoms with Gasteiger partial charge in [-0.2, -0.15) is 0 Å². The molecule has 0 unspecified atom stereocenters. The van der Waals surface area contributed by atoms with Gasteiger partial charge >= 0.3 is 0 Å². The summed E-state index contributed by atoms with van der Waals surface area (Å²) >= 11 is 0. The highest BCUT2D eigenvalue weighted by atomic mass is 16.6. The first-order chi connectivity index (χ1) is 9.29. The summed E-state index contributed by atoms with van der Waals surface area (Å²) in [5, 5.41) is 3.98. The first-order valence-corrected chi connectivity index (χ1v) is 6.05. The summed E-state index contributed by atoms with van der Waals surface area (Å²) in [4.78, 5) is 4.86. The van der Waals surface area contributed by atoms with Crippen LogP contribution in [0.15, 0.2) is 59.8 Å². The van der Waals surface area contributed by atoms with E-state index in [1.165, 1.54) is 12.7 Å². The second kappa shape index (κ2) is 6.42. The van der Waals surface area contributed by atoms with Gasteiger partial charge in [-0.25, -0.2) is 0 Å². The topological polar surface area (TPSA) is 21.6 Å². The van der Waals surface area contributed by atoms with Gasteiger partial charge in [-0.15, -0.1) is 0 Å². The lowest BCUT2D eigenvalue weighted by Gasteiger charge is -1.99. The number of hydrogen-bond acceptors (Lipinski definition) is 2.